The van der Waals surface area contributed by atoms with Crippen LogP contribution in [0.4, 0.5) is 0 Å². The number of aliphatic imine (C=N–C) groups is 1. The Morgan fingerprint density at radius 1 is 1.38 bits per heavy atom. The number of guanidine groups is 1. The predicted octanol–water partition coefficient (Wildman–Crippen LogP) is 1.89. The first-order chi connectivity index (χ1) is 9.71. The average Bonchev–Trinajstić information content (AvgIpc) is 2.47. The summed E-state index contributed by atoms with van der Waals surface area (Å²) in [7, 11) is 1.00. The largest absolute Gasteiger partial charge is 0.383 e. The number of hydrogen-bond donors (Lipinski definition) is 2. The van der Waals surface area contributed by atoms with Gasteiger partial charge in [-0.15, -0.1) is 24.0 Å². The number of nitrogens with one attached hydrogen (secondary N) is 2. The lowest BCUT2D eigenvalue weighted by Gasteiger charge is -2.30. The van der Waals surface area contributed by atoms with Crippen molar-refractivity contribution in [2.75, 3.05) is 32.6 Å². The summed E-state index contributed by atoms with van der Waals surface area (Å²) in [6.07, 6.45) is 4.35. The van der Waals surface area contributed by atoms with Crippen molar-refractivity contribution in [3.05, 3.63) is 0 Å². The van der Waals surface area contributed by atoms with Gasteiger partial charge in [0.15, 0.2) is 5.96 Å². The summed E-state index contributed by atoms with van der Waals surface area (Å²) < 4.78 is 17.0. The van der Waals surface area contributed by atoms with Crippen LogP contribution in [0.3, 0.4) is 0 Å². The van der Waals surface area contributed by atoms with Crippen molar-refractivity contribution in [2.45, 2.75) is 50.8 Å². The Hall–Kier alpha value is 0.110. The van der Waals surface area contributed by atoms with Gasteiger partial charge in [-0.1, -0.05) is 13.3 Å². The molecular weight excluding hydrogens is 401 g/mol. The second kappa shape index (κ2) is 12.6. The highest BCUT2D eigenvalue weighted by molar-refractivity contribution is 14.0. The molecule has 5 nitrogen and oxygen atoms in total. The van der Waals surface area contributed by atoms with Gasteiger partial charge in [0.1, 0.15) is 0 Å². The standard InChI is InChI=1S/C14H29N3O2S.HI/c1-4-15-14(16-9-10-19-3)17-12-7-6-8-13(11-12)20(18)5-2;/h12-13H,4-11H2,1-3H3,(H2,15,16,17);1H. The summed E-state index contributed by atoms with van der Waals surface area (Å²) in [5.41, 5.74) is 0. The molecule has 1 saturated carbocycles. The van der Waals surface area contributed by atoms with Gasteiger partial charge in [-0.05, 0) is 26.2 Å². The maximum Gasteiger partial charge on any atom is 0.191 e. The number of methoxy groups -OCH3 is 1. The molecule has 0 aromatic carbocycles. The van der Waals surface area contributed by atoms with Crippen molar-refractivity contribution in [1.82, 2.24) is 10.6 Å². The number of nitrogens with zero attached hydrogens (tertiary/aromatic N) is 1. The predicted molar refractivity (Wildman–Crippen MR) is 101 cm³/mol. The van der Waals surface area contributed by atoms with E-state index < -0.39 is 10.8 Å². The maximum absolute atomic E-state index is 12.0. The Labute approximate surface area is 148 Å². The molecule has 3 atom stereocenters. The van der Waals surface area contributed by atoms with Crippen LogP contribution in [-0.4, -0.2) is 54.0 Å². The first-order valence-electron chi connectivity index (χ1n) is 7.62. The minimum Gasteiger partial charge on any atom is -0.383 e. The fourth-order valence-corrected chi connectivity index (χ4v) is 3.86. The summed E-state index contributed by atoms with van der Waals surface area (Å²) in [5.74, 6) is 1.61. The Morgan fingerprint density at radius 3 is 2.76 bits per heavy atom. The van der Waals surface area contributed by atoms with Crippen LogP contribution >= 0.6 is 24.0 Å². The third-order valence-electron chi connectivity index (χ3n) is 3.53. The molecule has 126 valence electrons. The number of ether oxygens (including phenoxy) is 1. The summed E-state index contributed by atoms with van der Waals surface area (Å²) >= 11 is 0. The molecule has 0 aromatic heterocycles. The van der Waals surface area contributed by atoms with Gasteiger partial charge in [0.05, 0.1) is 13.2 Å². The molecule has 21 heavy (non-hydrogen) atoms. The van der Waals surface area contributed by atoms with E-state index in [1.807, 2.05) is 6.92 Å². The lowest BCUT2D eigenvalue weighted by Crippen LogP contribution is -2.46. The highest BCUT2D eigenvalue weighted by Crippen LogP contribution is 2.22. The van der Waals surface area contributed by atoms with Crippen molar-refractivity contribution in [3.8, 4) is 0 Å². The summed E-state index contributed by atoms with van der Waals surface area (Å²) in [6, 6.07) is 0.379. The Morgan fingerprint density at radius 2 is 2.14 bits per heavy atom. The topological polar surface area (TPSA) is 62.7 Å². The van der Waals surface area contributed by atoms with Gasteiger partial charge < -0.3 is 15.4 Å². The van der Waals surface area contributed by atoms with Crippen LogP contribution < -0.4 is 10.6 Å². The minimum atomic E-state index is -0.680. The van der Waals surface area contributed by atoms with E-state index >= 15 is 0 Å². The third-order valence-corrected chi connectivity index (χ3v) is 5.27. The van der Waals surface area contributed by atoms with E-state index in [1.54, 1.807) is 7.11 Å². The number of halogens is 1. The zero-order valence-electron chi connectivity index (χ0n) is 13.4. The van der Waals surface area contributed by atoms with Crippen LogP contribution in [0.1, 0.15) is 39.5 Å². The zero-order valence-corrected chi connectivity index (χ0v) is 16.5. The van der Waals surface area contributed by atoms with Crippen LogP contribution in [0, 0.1) is 0 Å². The van der Waals surface area contributed by atoms with Gasteiger partial charge in [0, 0.05) is 41.5 Å². The van der Waals surface area contributed by atoms with Crippen molar-refractivity contribution in [2.24, 2.45) is 4.99 Å². The van der Waals surface area contributed by atoms with Crippen LogP contribution in [0.5, 0.6) is 0 Å². The van der Waals surface area contributed by atoms with E-state index in [1.165, 1.54) is 0 Å². The second-order valence-corrected chi connectivity index (χ2v) is 7.06. The summed E-state index contributed by atoms with van der Waals surface area (Å²) in [6.45, 7) is 6.19. The molecule has 7 heteroatoms. The molecule has 2 N–H and O–H groups in total. The molecule has 0 radical (unpaired) electrons. The van der Waals surface area contributed by atoms with E-state index in [2.05, 4.69) is 22.5 Å². The minimum absolute atomic E-state index is 0. The monoisotopic (exact) mass is 431 g/mol. The molecule has 0 saturated heterocycles. The van der Waals surface area contributed by atoms with Crippen molar-refractivity contribution < 1.29 is 8.95 Å². The molecule has 1 rings (SSSR count). The van der Waals surface area contributed by atoms with Crippen LogP contribution in [0.15, 0.2) is 4.99 Å². The maximum atomic E-state index is 12.0. The van der Waals surface area contributed by atoms with E-state index in [0.717, 1.165) is 43.9 Å². The van der Waals surface area contributed by atoms with E-state index in [0.29, 0.717) is 24.4 Å². The molecule has 1 aliphatic rings. The first kappa shape index (κ1) is 21.1. The summed E-state index contributed by atoms with van der Waals surface area (Å²) in [5, 5.41) is 7.07. The fraction of sp³-hybridized carbons (Fsp3) is 0.929. The molecular formula is C14H30IN3O2S. The van der Waals surface area contributed by atoms with Crippen LogP contribution in [0.25, 0.3) is 0 Å². The van der Waals surface area contributed by atoms with Crippen molar-refractivity contribution >= 4 is 40.7 Å². The molecule has 1 fully saturated rings. The third kappa shape index (κ3) is 8.35. The first-order valence-corrected chi connectivity index (χ1v) is 9.00. The molecule has 1 aliphatic carbocycles. The Bertz CT molecular complexity index is 329. The van der Waals surface area contributed by atoms with E-state index in [-0.39, 0.29) is 24.0 Å². The van der Waals surface area contributed by atoms with Gasteiger partial charge >= 0.3 is 0 Å². The lowest BCUT2D eigenvalue weighted by molar-refractivity contribution is 0.207. The smallest absolute Gasteiger partial charge is 0.191 e. The number of rotatable bonds is 7. The highest BCUT2D eigenvalue weighted by Gasteiger charge is 2.25. The molecule has 0 heterocycles. The van der Waals surface area contributed by atoms with E-state index in [9.17, 15) is 4.21 Å². The lowest BCUT2D eigenvalue weighted by atomic mass is 9.95. The average molecular weight is 431 g/mol. The van der Waals surface area contributed by atoms with Crippen molar-refractivity contribution in [1.29, 1.82) is 0 Å². The zero-order chi connectivity index (χ0) is 14.8. The quantitative estimate of drug-likeness (QED) is 0.280. The molecule has 0 aliphatic heterocycles. The summed E-state index contributed by atoms with van der Waals surface area (Å²) in [4.78, 5) is 4.48. The normalized spacial score (nSPS) is 24.0. The molecule has 3 unspecified atom stereocenters. The Balaban J connectivity index is 0.00000400. The van der Waals surface area contributed by atoms with Gasteiger partial charge in [-0.3, -0.25) is 9.20 Å². The Kier molecular flexibility index (Phi) is 12.7. The van der Waals surface area contributed by atoms with Gasteiger partial charge in [-0.25, -0.2) is 0 Å². The molecule has 0 aromatic rings. The highest BCUT2D eigenvalue weighted by atomic mass is 127. The molecule has 0 bridgehead atoms. The van der Waals surface area contributed by atoms with Crippen LogP contribution in [0.2, 0.25) is 0 Å². The van der Waals surface area contributed by atoms with Crippen LogP contribution in [-0.2, 0) is 15.5 Å². The molecule has 0 amide bonds. The van der Waals surface area contributed by atoms with E-state index in [4.69, 9.17) is 4.74 Å². The molecule has 0 spiro atoms. The fourth-order valence-electron chi connectivity index (χ4n) is 2.51. The van der Waals surface area contributed by atoms with Gasteiger partial charge in [0.25, 0.3) is 0 Å². The van der Waals surface area contributed by atoms with Gasteiger partial charge in [0.2, 0.25) is 0 Å². The van der Waals surface area contributed by atoms with Crippen molar-refractivity contribution in [3.63, 3.8) is 0 Å². The van der Waals surface area contributed by atoms with Gasteiger partial charge in [-0.2, -0.15) is 0 Å². The SMILES string of the molecule is CCNC(=NCCOC)NC1CCCC(S(=O)CC)C1.I. The second-order valence-electron chi connectivity index (χ2n) is 5.05. The number of hydrogen-bond acceptors (Lipinski definition) is 3.